The molecule has 182 valence electrons. The Bertz CT molecular complexity index is 548. The van der Waals surface area contributed by atoms with Crippen LogP contribution in [0, 0.1) is 0 Å². The van der Waals surface area contributed by atoms with E-state index in [0.717, 1.165) is 19.3 Å². The summed E-state index contributed by atoms with van der Waals surface area (Å²) in [4.78, 5) is 21.9. The van der Waals surface area contributed by atoms with Gasteiger partial charge in [-0.1, -0.05) is 103 Å². The number of carbonyl (C=O) groups excluding carboxylic acids is 2. The molecule has 0 aromatic carbocycles. The van der Waals surface area contributed by atoms with E-state index in [1.807, 2.05) is 0 Å². The van der Waals surface area contributed by atoms with Crippen molar-refractivity contribution in [3.8, 4) is 0 Å². The monoisotopic (exact) mass is 496 g/mol. The van der Waals surface area contributed by atoms with Crippen molar-refractivity contribution in [3.05, 3.63) is 0 Å². The molecule has 0 saturated heterocycles. The van der Waals surface area contributed by atoms with Gasteiger partial charge in [-0.05, 0) is 6.42 Å². The Labute approximate surface area is 241 Å². The van der Waals surface area contributed by atoms with Gasteiger partial charge in [-0.3, -0.25) is 13.8 Å². The van der Waals surface area contributed by atoms with E-state index in [0.29, 0.717) is 6.42 Å². The molecule has 0 aromatic rings. The van der Waals surface area contributed by atoms with Crippen LogP contribution in [0.5, 0.6) is 0 Å². The second-order valence-electron chi connectivity index (χ2n) is 8.07. The second-order valence-corrected chi connectivity index (χ2v) is 9.42. The molecule has 0 aliphatic rings. The van der Waals surface area contributed by atoms with Gasteiger partial charge in [0.15, 0.2) is 0 Å². The van der Waals surface area contributed by atoms with Gasteiger partial charge in [0.2, 0.25) is 11.8 Å². The first kappa shape index (κ1) is 37.4. The molecule has 0 atom stereocenters. The molecule has 0 spiro atoms. The summed E-state index contributed by atoms with van der Waals surface area (Å²) in [6.45, 7) is 2.31. The van der Waals surface area contributed by atoms with Gasteiger partial charge in [-0.2, -0.15) is 8.42 Å². The predicted octanol–water partition coefficient (Wildman–Crippen LogP) is 3.59. The number of rotatable bonds is 22. The molecule has 32 heavy (non-hydrogen) atoms. The summed E-state index contributed by atoms with van der Waals surface area (Å²) in [5.74, 6) is -1.45. The van der Waals surface area contributed by atoms with Crippen LogP contribution in [0.1, 0.15) is 122 Å². The van der Waals surface area contributed by atoms with Gasteiger partial charge in [0.05, 0.1) is 6.61 Å². The first-order chi connectivity index (χ1) is 14.4. The Balaban J connectivity index is -0.00000420. The van der Waals surface area contributed by atoms with Gasteiger partial charge in [0.25, 0.3) is 0 Å². The molecule has 0 fully saturated rings. The zero-order chi connectivity index (χ0) is 22.5. The Kier molecular flexibility index (Phi) is 30.9. The van der Waals surface area contributed by atoms with Crippen LogP contribution in [0.2, 0.25) is 0 Å². The zero-order valence-electron chi connectivity index (χ0n) is 19.0. The molecule has 0 bridgehead atoms. The summed E-state index contributed by atoms with van der Waals surface area (Å²) >= 11 is 0. The van der Waals surface area contributed by atoms with Crippen molar-refractivity contribution in [2.24, 2.45) is 5.73 Å². The Morgan fingerprint density at radius 2 is 1.06 bits per heavy atom. The zero-order valence-corrected chi connectivity index (χ0v) is 19.8. The van der Waals surface area contributed by atoms with Crippen LogP contribution in [0.3, 0.4) is 0 Å². The number of carbonyl (C=O) groups is 2. The summed E-state index contributed by atoms with van der Waals surface area (Å²) in [6.07, 6.45) is 19.5. The third kappa shape index (κ3) is 28.9. The van der Waals surface area contributed by atoms with Gasteiger partial charge < -0.3 is 5.73 Å². The Morgan fingerprint density at radius 1 is 0.688 bits per heavy atom. The fourth-order valence-electron chi connectivity index (χ4n) is 3.28. The van der Waals surface area contributed by atoms with Crippen LogP contribution in [0.15, 0.2) is 0 Å². The standard InChI is InChI=1S/C22H44N2O5S.2Na.2H/c1-2-3-4-5-6-7-8-9-10-11-12-13-14-15-16-17-20-29-30(27,28)24-22(26)19-18-21(23)25;;;;/h2-20H2,1H3,(H2,23,25)(H,24,26);;;;. The molecule has 2 amide bonds. The summed E-state index contributed by atoms with van der Waals surface area (Å²) < 4.78 is 29.7. The van der Waals surface area contributed by atoms with Crippen molar-refractivity contribution in [2.75, 3.05) is 6.61 Å². The summed E-state index contributed by atoms with van der Waals surface area (Å²) in [5, 5.41) is 0. The molecular formula is C22H46N2Na2O5S. The van der Waals surface area contributed by atoms with E-state index in [-0.39, 0.29) is 78.6 Å². The Hall–Kier alpha value is 0.850. The minimum atomic E-state index is -4.10. The molecule has 0 radical (unpaired) electrons. The molecule has 3 N–H and O–H groups in total. The van der Waals surface area contributed by atoms with Crippen molar-refractivity contribution < 1.29 is 22.2 Å². The average molecular weight is 497 g/mol. The van der Waals surface area contributed by atoms with Gasteiger partial charge >= 0.3 is 69.4 Å². The molecule has 0 saturated carbocycles. The second kappa shape index (κ2) is 26.5. The van der Waals surface area contributed by atoms with Gasteiger partial charge in [0.1, 0.15) is 0 Å². The van der Waals surface area contributed by atoms with Crippen molar-refractivity contribution in [2.45, 2.75) is 122 Å². The van der Waals surface area contributed by atoms with E-state index < -0.39 is 22.1 Å². The third-order valence-corrected chi connectivity index (χ3v) is 6.03. The van der Waals surface area contributed by atoms with Crippen LogP contribution < -0.4 is 10.5 Å². The first-order valence-electron chi connectivity index (χ1n) is 11.9. The van der Waals surface area contributed by atoms with Crippen LogP contribution in [-0.2, 0) is 24.1 Å². The van der Waals surface area contributed by atoms with Crippen LogP contribution >= 0.6 is 0 Å². The molecule has 0 unspecified atom stereocenters. The fourth-order valence-corrected chi connectivity index (χ4v) is 4.05. The maximum atomic E-state index is 11.6. The van der Waals surface area contributed by atoms with Gasteiger partial charge in [-0.15, -0.1) is 0 Å². The van der Waals surface area contributed by atoms with E-state index in [1.54, 1.807) is 4.72 Å². The maximum absolute atomic E-state index is 11.6. The normalized spacial score (nSPS) is 10.8. The average Bonchev–Trinajstić information content (AvgIpc) is 2.68. The molecule has 10 heteroatoms. The number of amides is 2. The molecule has 0 rings (SSSR count). The molecule has 7 nitrogen and oxygen atoms in total. The van der Waals surface area contributed by atoms with Crippen LogP contribution in [0.4, 0.5) is 0 Å². The van der Waals surface area contributed by atoms with Crippen LogP contribution in [-0.4, -0.2) is 86.0 Å². The van der Waals surface area contributed by atoms with E-state index in [4.69, 9.17) is 9.92 Å². The third-order valence-electron chi connectivity index (χ3n) is 5.07. The van der Waals surface area contributed by atoms with E-state index >= 15 is 0 Å². The number of nitrogens with two attached hydrogens (primary N) is 1. The van der Waals surface area contributed by atoms with Crippen molar-refractivity contribution in [3.63, 3.8) is 0 Å². The van der Waals surface area contributed by atoms with Gasteiger partial charge in [-0.25, -0.2) is 4.72 Å². The minimum absolute atomic E-state index is 0. The molecule has 0 aliphatic carbocycles. The number of unbranched alkanes of at least 4 members (excludes halogenated alkanes) is 15. The topological polar surface area (TPSA) is 116 Å². The number of hydrogen-bond acceptors (Lipinski definition) is 5. The number of hydrogen-bond donors (Lipinski definition) is 2. The number of primary amides is 1. The van der Waals surface area contributed by atoms with E-state index in [1.165, 1.54) is 77.0 Å². The molecule has 0 aliphatic heterocycles. The van der Waals surface area contributed by atoms with Crippen LogP contribution in [0.25, 0.3) is 0 Å². The fraction of sp³-hybridized carbons (Fsp3) is 0.909. The number of nitrogens with one attached hydrogen (secondary N) is 1. The van der Waals surface area contributed by atoms with E-state index in [2.05, 4.69) is 6.92 Å². The van der Waals surface area contributed by atoms with Crippen molar-refractivity contribution >= 4 is 81.2 Å². The van der Waals surface area contributed by atoms with Gasteiger partial charge in [0, 0.05) is 12.8 Å². The van der Waals surface area contributed by atoms with E-state index in [9.17, 15) is 18.0 Å². The summed E-state index contributed by atoms with van der Waals surface area (Å²) in [5.41, 5.74) is 4.91. The Morgan fingerprint density at radius 3 is 1.44 bits per heavy atom. The molecular weight excluding hydrogens is 450 g/mol. The SMILES string of the molecule is CCCCCCCCCCCCCCCCCCOS(=O)(=O)NC(=O)CCC(N)=O.[NaH].[NaH]. The molecule has 0 aromatic heterocycles. The summed E-state index contributed by atoms with van der Waals surface area (Å²) in [6, 6.07) is 0. The first-order valence-corrected chi connectivity index (χ1v) is 13.3. The molecule has 0 heterocycles. The quantitative estimate of drug-likeness (QED) is 0.176. The van der Waals surface area contributed by atoms with Crippen molar-refractivity contribution in [1.82, 2.24) is 4.72 Å². The summed E-state index contributed by atoms with van der Waals surface area (Å²) in [7, 11) is -4.10. The predicted molar refractivity (Wildman–Crippen MR) is 135 cm³/mol. The van der Waals surface area contributed by atoms with Crippen molar-refractivity contribution in [1.29, 1.82) is 0 Å².